The number of nitrogens with one attached hydrogen (secondary N) is 1. The first-order chi connectivity index (χ1) is 12.6. The molecule has 130 valence electrons. The van der Waals surface area contributed by atoms with Gasteiger partial charge in [-0.2, -0.15) is 10.5 Å². The molecule has 26 heavy (non-hydrogen) atoms. The molecule has 2 aromatic carbocycles. The van der Waals surface area contributed by atoms with Crippen LogP contribution in [0.4, 0.5) is 5.69 Å². The van der Waals surface area contributed by atoms with E-state index in [0.29, 0.717) is 23.6 Å². The zero-order chi connectivity index (χ0) is 18.9. The van der Waals surface area contributed by atoms with Crippen molar-refractivity contribution < 1.29 is 14.3 Å². The highest BCUT2D eigenvalue weighted by Crippen LogP contribution is 2.24. The number of benzene rings is 2. The molecule has 0 aromatic heterocycles. The quantitative estimate of drug-likeness (QED) is 0.612. The van der Waals surface area contributed by atoms with Crippen LogP contribution in [0.1, 0.15) is 22.8 Å². The predicted molar refractivity (Wildman–Crippen MR) is 95.4 cm³/mol. The van der Waals surface area contributed by atoms with Crippen molar-refractivity contribution in [2.45, 2.75) is 13.3 Å². The number of ether oxygens (including phenoxy) is 1. The number of rotatable bonds is 7. The largest absolute Gasteiger partial charge is 0.492 e. The molecule has 1 unspecified atom stereocenters. The van der Waals surface area contributed by atoms with Crippen molar-refractivity contribution in [3.63, 3.8) is 0 Å². The van der Waals surface area contributed by atoms with Gasteiger partial charge in [0.25, 0.3) is 0 Å². The van der Waals surface area contributed by atoms with E-state index in [4.69, 9.17) is 10.00 Å². The van der Waals surface area contributed by atoms with E-state index in [1.54, 1.807) is 42.5 Å². The SMILES string of the molecule is CCOc1ccccc1NC(=O)C(C#N)C(=O)c1cccc(CC#N)c1. The molecule has 0 bridgehead atoms. The molecule has 0 aliphatic rings. The first kappa shape index (κ1) is 18.7. The lowest BCUT2D eigenvalue weighted by atomic mass is 9.96. The molecule has 1 amide bonds. The summed E-state index contributed by atoms with van der Waals surface area (Å²) in [5.74, 6) is -2.38. The molecule has 6 heteroatoms. The summed E-state index contributed by atoms with van der Waals surface area (Å²) < 4.78 is 5.43. The number of Topliss-reactive ketones (excluding diaryl/α,β-unsaturated/α-hetero) is 1. The first-order valence-corrected chi connectivity index (χ1v) is 8.03. The third kappa shape index (κ3) is 4.46. The second-order valence-corrected chi connectivity index (χ2v) is 5.38. The Bertz CT molecular complexity index is 894. The minimum atomic E-state index is -1.50. The Balaban J connectivity index is 2.21. The van der Waals surface area contributed by atoms with Gasteiger partial charge >= 0.3 is 0 Å². The average Bonchev–Trinajstić information content (AvgIpc) is 2.64. The summed E-state index contributed by atoms with van der Waals surface area (Å²) >= 11 is 0. The number of nitrogens with zero attached hydrogens (tertiary/aromatic N) is 2. The predicted octanol–water partition coefficient (Wildman–Crippen LogP) is 3.11. The van der Waals surface area contributed by atoms with Gasteiger partial charge in [0.15, 0.2) is 11.7 Å². The van der Waals surface area contributed by atoms with Gasteiger partial charge in [0.2, 0.25) is 5.91 Å². The summed E-state index contributed by atoms with van der Waals surface area (Å²) in [4.78, 5) is 25.0. The third-order valence-corrected chi connectivity index (χ3v) is 3.59. The zero-order valence-electron chi connectivity index (χ0n) is 14.2. The van der Waals surface area contributed by atoms with Crippen molar-refractivity contribution in [3.05, 3.63) is 59.7 Å². The highest BCUT2D eigenvalue weighted by molar-refractivity contribution is 6.15. The monoisotopic (exact) mass is 347 g/mol. The molecule has 0 heterocycles. The van der Waals surface area contributed by atoms with E-state index in [9.17, 15) is 14.9 Å². The van der Waals surface area contributed by atoms with Gasteiger partial charge in [-0.15, -0.1) is 0 Å². The van der Waals surface area contributed by atoms with E-state index in [0.717, 1.165) is 0 Å². The Morgan fingerprint density at radius 1 is 1.15 bits per heavy atom. The highest BCUT2D eigenvalue weighted by Gasteiger charge is 2.28. The van der Waals surface area contributed by atoms with Gasteiger partial charge in [0.05, 0.1) is 30.9 Å². The molecule has 0 fully saturated rings. The number of hydrogen-bond acceptors (Lipinski definition) is 5. The Hall–Kier alpha value is -3.64. The zero-order valence-corrected chi connectivity index (χ0v) is 14.2. The standard InChI is InChI=1S/C20H17N3O3/c1-2-26-18-9-4-3-8-17(18)23-20(25)16(13-22)19(24)15-7-5-6-14(12-15)10-11-21/h3-9,12,16H,2,10H2,1H3,(H,23,25). The molecule has 2 rings (SSSR count). The smallest absolute Gasteiger partial charge is 0.249 e. The second kappa shape index (κ2) is 9.00. The molecule has 0 spiro atoms. The van der Waals surface area contributed by atoms with Crippen LogP contribution >= 0.6 is 0 Å². The maximum atomic E-state index is 12.6. The fourth-order valence-electron chi connectivity index (χ4n) is 2.39. The lowest BCUT2D eigenvalue weighted by molar-refractivity contribution is -0.117. The number of amides is 1. The van der Waals surface area contributed by atoms with Crippen LogP contribution in [0.25, 0.3) is 0 Å². The summed E-state index contributed by atoms with van der Waals surface area (Å²) in [5, 5.41) is 20.7. The molecule has 0 aliphatic carbocycles. The van der Waals surface area contributed by atoms with Crippen molar-refractivity contribution >= 4 is 17.4 Å². The lowest BCUT2D eigenvalue weighted by Crippen LogP contribution is -2.29. The molecule has 0 radical (unpaired) electrons. The molecule has 1 atom stereocenters. The van der Waals surface area contributed by atoms with Crippen LogP contribution in [-0.2, 0) is 11.2 Å². The minimum absolute atomic E-state index is 0.145. The van der Waals surface area contributed by atoms with Gasteiger partial charge < -0.3 is 10.1 Å². The van der Waals surface area contributed by atoms with E-state index in [2.05, 4.69) is 5.32 Å². The second-order valence-electron chi connectivity index (χ2n) is 5.38. The maximum absolute atomic E-state index is 12.6. The Kier molecular flexibility index (Phi) is 6.47. The first-order valence-electron chi connectivity index (χ1n) is 8.03. The summed E-state index contributed by atoms with van der Waals surface area (Å²) in [6, 6.07) is 16.9. The maximum Gasteiger partial charge on any atom is 0.249 e. The van der Waals surface area contributed by atoms with Gasteiger partial charge in [-0.05, 0) is 30.7 Å². The van der Waals surface area contributed by atoms with E-state index in [-0.39, 0.29) is 12.0 Å². The molecule has 1 N–H and O–H groups in total. The topological polar surface area (TPSA) is 103 Å². The summed E-state index contributed by atoms with van der Waals surface area (Å²) in [6.07, 6.45) is 0.145. The van der Waals surface area contributed by atoms with Gasteiger partial charge in [0.1, 0.15) is 5.75 Å². The number of nitriles is 2. The Morgan fingerprint density at radius 3 is 2.62 bits per heavy atom. The van der Waals surface area contributed by atoms with Crippen LogP contribution in [0, 0.1) is 28.6 Å². The van der Waals surface area contributed by atoms with Crippen LogP contribution < -0.4 is 10.1 Å². The van der Waals surface area contributed by atoms with Crippen LogP contribution in [0.5, 0.6) is 5.75 Å². The summed E-state index contributed by atoms with van der Waals surface area (Å²) in [5.41, 5.74) is 1.26. The van der Waals surface area contributed by atoms with Crippen LogP contribution in [0.3, 0.4) is 0 Å². The van der Waals surface area contributed by atoms with E-state index >= 15 is 0 Å². The molecule has 0 saturated heterocycles. The molecule has 0 aliphatic heterocycles. The Morgan fingerprint density at radius 2 is 1.92 bits per heavy atom. The number of carbonyl (C=O) groups excluding carboxylic acids is 2. The molecule has 6 nitrogen and oxygen atoms in total. The van der Waals surface area contributed by atoms with E-state index < -0.39 is 17.6 Å². The van der Waals surface area contributed by atoms with Crippen LogP contribution in [0.15, 0.2) is 48.5 Å². The Labute approximate surface area is 151 Å². The minimum Gasteiger partial charge on any atom is -0.492 e. The van der Waals surface area contributed by atoms with Crippen molar-refractivity contribution in [2.75, 3.05) is 11.9 Å². The molecule has 0 saturated carbocycles. The van der Waals surface area contributed by atoms with Gasteiger partial charge in [-0.3, -0.25) is 9.59 Å². The fourth-order valence-corrected chi connectivity index (χ4v) is 2.39. The fraction of sp³-hybridized carbons (Fsp3) is 0.200. The molecular weight excluding hydrogens is 330 g/mol. The number of carbonyl (C=O) groups is 2. The normalized spacial score (nSPS) is 10.9. The molecule has 2 aromatic rings. The number of para-hydroxylation sites is 2. The van der Waals surface area contributed by atoms with Crippen molar-refractivity contribution in [1.29, 1.82) is 10.5 Å². The van der Waals surface area contributed by atoms with Crippen molar-refractivity contribution in [3.8, 4) is 17.9 Å². The van der Waals surface area contributed by atoms with E-state index in [1.165, 1.54) is 12.1 Å². The van der Waals surface area contributed by atoms with Crippen LogP contribution in [0.2, 0.25) is 0 Å². The lowest BCUT2D eigenvalue weighted by Gasteiger charge is -2.13. The third-order valence-electron chi connectivity index (χ3n) is 3.59. The number of anilines is 1. The van der Waals surface area contributed by atoms with Crippen molar-refractivity contribution in [2.24, 2.45) is 5.92 Å². The van der Waals surface area contributed by atoms with Crippen LogP contribution in [-0.4, -0.2) is 18.3 Å². The average molecular weight is 347 g/mol. The van der Waals surface area contributed by atoms with Crippen molar-refractivity contribution in [1.82, 2.24) is 0 Å². The van der Waals surface area contributed by atoms with Gasteiger partial charge in [-0.25, -0.2) is 0 Å². The highest BCUT2D eigenvalue weighted by atomic mass is 16.5. The van der Waals surface area contributed by atoms with E-state index in [1.807, 2.05) is 13.0 Å². The number of ketones is 1. The van der Waals surface area contributed by atoms with Gasteiger partial charge in [-0.1, -0.05) is 30.3 Å². The van der Waals surface area contributed by atoms with Gasteiger partial charge in [0, 0.05) is 5.56 Å². The summed E-state index contributed by atoms with van der Waals surface area (Å²) in [6.45, 7) is 2.23. The number of hydrogen-bond donors (Lipinski definition) is 1. The summed E-state index contributed by atoms with van der Waals surface area (Å²) in [7, 11) is 0. The molecular formula is C20H17N3O3.